The van der Waals surface area contributed by atoms with E-state index in [4.69, 9.17) is 4.74 Å². The lowest BCUT2D eigenvalue weighted by Gasteiger charge is -2.24. The summed E-state index contributed by atoms with van der Waals surface area (Å²) < 4.78 is 18.5. The summed E-state index contributed by atoms with van der Waals surface area (Å²) >= 11 is 0. The van der Waals surface area contributed by atoms with E-state index in [1.54, 1.807) is 20.1 Å². The Bertz CT molecular complexity index is 377. The van der Waals surface area contributed by atoms with Gasteiger partial charge >= 0.3 is 0 Å². The van der Waals surface area contributed by atoms with Crippen molar-refractivity contribution in [2.24, 2.45) is 5.41 Å². The van der Waals surface area contributed by atoms with Crippen LogP contribution in [0.25, 0.3) is 0 Å². The second-order valence-electron chi connectivity index (χ2n) is 5.59. The van der Waals surface area contributed by atoms with E-state index < -0.39 is 0 Å². The molecule has 0 fully saturated rings. The molecule has 0 aromatic heterocycles. The highest BCUT2D eigenvalue weighted by Gasteiger charge is 2.16. The molecule has 0 amide bonds. The van der Waals surface area contributed by atoms with Gasteiger partial charge in [0.25, 0.3) is 0 Å². The van der Waals surface area contributed by atoms with Crippen molar-refractivity contribution in [2.45, 2.75) is 33.7 Å². The third-order valence-corrected chi connectivity index (χ3v) is 3.15. The van der Waals surface area contributed by atoms with Gasteiger partial charge in [-0.15, -0.1) is 0 Å². The number of hydrogen-bond acceptors (Lipinski definition) is 2. The molecule has 1 N–H and O–H groups in total. The molecule has 102 valence electrons. The molecule has 1 rings (SSSR count). The molecule has 0 bridgehead atoms. The van der Waals surface area contributed by atoms with E-state index in [1.807, 2.05) is 12.1 Å². The first-order valence-corrected chi connectivity index (χ1v) is 6.39. The number of halogens is 1. The fourth-order valence-electron chi connectivity index (χ4n) is 1.76. The minimum Gasteiger partial charge on any atom is -0.385 e. The molecule has 1 aromatic rings. The summed E-state index contributed by atoms with van der Waals surface area (Å²) in [5, 5.41) is 3.38. The summed E-state index contributed by atoms with van der Waals surface area (Å²) in [5.41, 5.74) is 1.87. The van der Waals surface area contributed by atoms with Gasteiger partial charge in [0.05, 0.1) is 0 Å². The van der Waals surface area contributed by atoms with Gasteiger partial charge in [0.2, 0.25) is 0 Å². The molecule has 0 heterocycles. The molecule has 18 heavy (non-hydrogen) atoms. The van der Waals surface area contributed by atoms with E-state index >= 15 is 0 Å². The molecule has 0 saturated carbocycles. The molecule has 0 spiro atoms. The molecule has 0 aliphatic carbocycles. The fourth-order valence-corrected chi connectivity index (χ4v) is 1.76. The van der Waals surface area contributed by atoms with Crippen LogP contribution in [0, 0.1) is 18.2 Å². The van der Waals surface area contributed by atoms with Crippen LogP contribution in [0.2, 0.25) is 0 Å². The normalized spacial score (nSPS) is 11.8. The van der Waals surface area contributed by atoms with Crippen molar-refractivity contribution in [1.82, 2.24) is 5.32 Å². The SMILES string of the molecule is COCCC(C)(C)CNCc1ccc(C)c(F)c1. The van der Waals surface area contributed by atoms with Crippen molar-refractivity contribution < 1.29 is 9.13 Å². The minimum absolute atomic E-state index is 0.132. The van der Waals surface area contributed by atoms with E-state index in [0.29, 0.717) is 12.1 Å². The smallest absolute Gasteiger partial charge is 0.126 e. The number of methoxy groups -OCH3 is 1. The maximum atomic E-state index is 13.4. The molecule has 3 heteroatoms. The van der Waals surface area contributed by atoms with Gasteiger partial charge in [-0.25, -0.2) is 4.39 Å². The van der Waals surface area contributed by atoms with Gasteiger partial charge in [-0.3, -0.25) is 0 Å². The average molecular weight is 253 g/mol. The van der Waals surface area contributed by atoms with Gasteiger partial charge in [0.15, 0.2) is 0 Å². The maximum absolute atomic E-state index is 13.4. The van der Waals surface area contributed by atoms with Crippen molar-refractivity contribution in [3.05, 3.63) is 35.1 Å². The van der Waals surface area contributed by atoms with Crippen molar-refractivity contribution in [3.63, 3.8) is 0 Å². The van der Waals surface area contributed by atoms with Crippen LogP contribution in [0.1, 0.15) is 31.4 Å². The lowest BCUT2D eigenvalue weighted by molar-refractivity contribution is 0.150. The summed E-state index contributed by atoms with van der Waals surface area (Å²) in [6.45, 7) is 8.55. The van der Waals surface area contributed by atoms with Crippen molar-refractivity contribution in [2.75, 3.05) is 20.3 Å². The van der Waals surface area contributed by atoms with Crippen LogP contribution in [-0.2, 0) is 11.3 Å². The lowest BCUT2D eigenvalue weighted by atomic mass is 9.89. The third kappa shape index (κ3) is 5.15. The zero-order valence-corrected chi connectivity index (χ0v) is 11.8. The number of rotatable bonds is 7. The molecular weight excluding hydrogens is 229 g/mol. The van der Waals surface area contributed by atoms with E-state index in [1.165, 1.54) is 0 Å². The van der Waals surface area contributed by atoms with Crippen molar-refractivity contribution in [3.8, 4) is 0 Å². The lowest BCUT2D eigenvalue weighted by Crippen LogP contribution is -2.30. The standard InChI is InChI=1S/C15H24FNO/c1-12-5-6-13(9-14(12)16)10-17-11-15(2,3)7-8-18-4/h5-6,9,17H,7-8,10-11H2,1-4H3. The zero-order valence-electron chi connectivity index (χ0n) is 11.8. The molecule has 0 unspecified atom stereocenters. The van der Waals surface area contributed by atoms with Crippen LogP contribution in [0.4, 0.5) is 4.39 Å². The molecule has 0 radical (unpaired) electrons. The van der Waals surface area contributed by atoms with Crippen molar-refractivity contribution in [1.29, 1.82) is 0 Å². The van der Waals surface area contributed by atoms with Crippen LogP contribution in [0.3, 0.4) is 0 Å². The van der Waals surface area contributed by atoms with E-state index in [2.05, 4.69) is 19.2 Å². The van der Waals surface area contributed by atoms with E-state index in [0.717, 1.165) is 25.1 Å². The second-order valence-corrected chi connectivity index (χ2v) is 5.59. The van der Waals surface area contributed by atoms with Crippen LogP contribution >= 0.6 is 0 Å². The van der Waals surface area contributed by atoms with E-state index in [9.17, 15) is 4.39 Å². The predicted molar refractivity (Wildman–Crippen MR) is 73.1 cm³/mol. The maximum Gasteiger partial charge on any atom is 0.126 e. The molecular formula is C15H24FNO. The fraction of sp³-hybridized carbons (Fsp3) is 0.600. The summed E-state index contributed by atoms with van der Waals surface area (Å²) in [4.78, 5) is 0. The Morgan fingerprint density at radius 1 is 1.33 bits per heavy atom. The van der Waals surface area contributed by atoms with Gasteiger partial charge in [0, 0.05) is 26.8 Å². The largest absolute Gasteiger partial charge is 0.385 e. The monoisotopic (exact) mass is 253 g/mol. The molecule has 2 nitrogen and oxygen atoms in total. The highest BCUT2D eigenvalue weighted by Crippen LogP contribution is 2.19. The Balaban J connectivity index is 2.39. The zero-order chi connectivity index (χ0) is 13.6. The Labute approximate surface area is 110 Å². The van der Waals surface area contributed by atoms with Gasteiger partial charge < -0.3 is 10.1 Å². The van der Waals surface area contributed by atoms with E-state index in [-0.39, 0.29) is 11.2 Å². The topological polar surface area (TPSA) is 21.3 Å². The molecule has 0 saturated heterocycles. The third-order valence-electron chi connectivity index (χ3n) is 3.15. The highest BCUT2D eigenvalue weighted by atomic mass is 19.1. The van der Waals surface area contributed by atoms with Crippen molar-refractivity contribution >= 4 is 0 Å². The highest BCUT2D eigenvalue weighted by molar-refractivity contribution is 5.23. The summed E-state index contributed by atoms with van der Waals surface area (Å²) in [5.74, 6) is -0.132. The summed E-state index contributed by atoms with van der Waals surface area (Å²) in [7, 11) is 1.72. The number of aryl methyl sites for hydroxylation is 1. The first-order chi connectivity index (χ1) is 8.44. The Hall–Kier alpha value is -0.930. The number of nitrogens with one attached hydrogen (secondary N) is 1. The van der Waals surface area contributed by atoms with Crippen LogP contribution in [-0.4, -0.2) is 20.3 Å². The van der Waals surface area contributed by atoms with Crippen LogP contribution in [0.15, 0.2) is 18.2 Å². The predicted octanol–water partition coefficient (Wildman–Crippen LogP) is 3.29. The quantitative estimate of drug-likeness (QED) is 0.805. The Morgan fingerprint density at radius 3 is 2.67 bits per heavy atom. The number of ether oxygens (including phenoxy) is 1. The second kappa shape index (κ2) is 6.86. The van der Waals surface area contributed by atoms with Crippen LogP contribution < -0.4 is 5.32 Å². The number of benzene rings is 1. The first-order valence-electron chi connectivity index (χ1n) is 6.39. The summed E-state index contributed by atoms with van der Waals surface area (Å²) in [6, 6.07) is 5.39. The number of hydrogen-bond donors (Lipinski definition) is 1. The summed E-state index contributed by atoms with van der Waals surface area (Å²) in [6.07, 6.45) is 1.01. The first kappa shape index (κ1) is 15.1. The molecule has 1 aromatic carbocycles. The molecule has 0 aliphatic rings. The van der Waals surface area contributed by atoms with Crippen LogP contribution in [0.5, 0.6) is 0 Å². The Morgan fingerprint density at radius 2 is 2.06 bits per heavy atom. The van der Waals surface area contributed by atoms with Gasteiger partial charge in [-0.1, -0.05) is 26.0 Å². The van der Waals surface area contributed by atoms with Gasteiger partial charge in [0.1, 0.15) is 5.82 Å². The average Bonchev–Trinajstić information content (AvgIpc) is 2.31. The molecule has 0 aliphatic heterocycles. The Kier molecular flexibility index (Phi) is 5.76. The minimum atomic E-state index is -0.132. The molecule has 0 atom stereocenters. The van der Waals surface area contributed by atoms with Gasteiger partial charge in [-0.05, 0) is 36.0 Å². The van der Waals surface area contributed by atoms with Gasteiger partial charge in [-0.2, -0.15) is 0 Å².